The van der Waals surface area contributed by atoms with Crippen molar-refractivity contribution in [2.45, 2.75) is 18.6 Å². The van der Waals surface area contributed by atoms with Gasteiger partial charge in [0.25, 0.3) is 0 Å². The molecule has 1 aliphatic heterocycles. The lowest BCUT2D eigenvalue weighted by molar-refractivity contribution is -0.148. The van der Waals surface area contributed by atoms with Gasteiger partial charge < -0.3 is 10.4 Å². The van der Waals surface area contributed by atoms with E-state index in [-0.39, 0.29) is 30.4 Å². The summed E-state index contributed by atoms with van der Waals surface area (Å²) in [6.45, 7) is 2.16. The fourth-order valence-corrected chi connectivity index (χ4v) is 2.40. The Morgan fingerprint density at radius 2 is 1.77 bits per heavy atom. The van der Waals surface area contributed by atoms with Gasteiger partial charge in [-0.25, -0.2) is 4.39 Å². The molecule has 3 nitrogen and oxygen atoms in total. The van der Waals surface area contributed by atoms with Crippen molar-refractivity contribution < 1.29 is 22.7 Å². The van der Waals surface area contributed by atoms with Gasteiger partial charge in [0, 0.05) is 32.2 Å². The van der Waals surface area contributed by atoms with Crippen molar-refractivity contribution in [3.05, 3.63) is 29.6 Å². The number of hydrogen-bond donors (Lipinski definition) is 2. The zero-order valence-electron chi connectivity index (χ0n) is 11.6. The van der Waals surface area contributed by atoms with Crippen molar-refractivity contribution in [1.29, 1.82) is 0 Å². The van der Waals surface area contributed by atoms with E-state index in [0.717, 1.165) is 12.1 Å². The molecule has 1 aliphatic rings. The molecule has 1 heterocycles. The number of piperazine rings is 1. The van der Waals surface area contributed by atoms with Crippen molar-refractivity contribution in [1.82, 2.24) is 10.2 Å². The highest BCUT2D eigenvalue weighted by Gasteiger charge is 2.36. The summed E-state index contributed by atoms with van der Waals surface area (Å²) in [6, 6.07) is 2.49. The van der Waals surface area contributed by atoms with Gasteiger partial charge in [0.05, 0.1) is 6.42 Å². The normalized spacial score (nSPS) is 17.3. The van der Waals surface area contributed by atoms with E-state index in [2.05, 4.69) is 5.32 Å². The van der Waals surface area contributed by atoms with E-state index >= 15 is 0 Å². The standard InChI is InChI=1S/C13H16F4N2O.2ClH/c14-10-7-9(1-2-12(10)20)11(8-13(15,16)17)19-5-3-18-4-6-19;;/h1-2,7,11,18,20H,3-6,8H2;2*1H/t11-;;/m0../s1. The molecule has 1 aromatic carbocycles. The third-order valence-electron chi connectivity index (χ3n) is 3.37. The molecule has 0 spiro atoms. The average Bonchev–Trinajstić information content (AvgIpc) is 2.39. The molecule has 1 saturated heterocycles. The Hall–Kier alpha value is -0.760. The summed E-state index contributed by atoms with van der Waals surface area (Å²) >= 11 is 0. The molecule has 0 aromatic heterocycles. The number of alkyl halides is 3. The molecular weight excluding hydrogens is 347 g/mol. The number of nitrogens with zero attached hydrogens (tertiary/aromatic N) is 1. The molecule has 9 heteroatoms. The number of phenols is 1. The van der Waals surface area contributed by atoms with E-state index in [1.54, 1.807) is 4.90 Å². The van der Waals surface area contributed by atoms with Gasteiger partial charge in [0.2, 0.25) is 0 Å². The van der Waals surface area contributed by atoms with Crippen LogP contribution < -0.4 is 5.32 Å². The molecule has 22 heavy (non-hydrogen) atoms. The van der Waals surface area contributed by atoms with Gasteiger partial charge in [0.15, 0.2) is 11.6 Å². The Morgan fingerprint density at radius 1 is 1.18 bits per heavy atom. The molecule has 2 N–H and O–H groups in total. The molecule has 1 atom stereocenters. The first-order chi connectivity index (χ1) is 9.37. The number of benzene rings is 1. The van der Waals surface area contributed by atoms with Crippen molar-refractivity contribution in [3.8, 4) is 5.75 Å². The summed E-state index contributed by atoms with van der Waals surface area (Å²) < 4.78 is 51.6. The van der Waals surface area contributed by atoms with E-state index in [4.69, 9.17) is 5.11 Å². The van der Waals surface area contributed by atoms with Crippen LogP contribution in [0.2, 0.25) is 0 Å². The molecule has 0 amide bonds. The molecule has 2 rings (SSSR count). The zero-order valence-corrected chi connectivity index (χ0v) is 13.2. The van der Waals surface area contributed by atoms with Crippen LogP contribution in [0.15, 0.2) is 18.2 Å². The number of phenolic OH excluding ortho intramolecular Hbond substituents is 1. The van der Waals surface area contributed by atoms with Gasteiger partial charge in [0.1, 0.15) is 0 Å². The van der Waals surface area contributed by atoms with Crippen LogP contribution in [0.3, 0.4) is 0 Å². The van der Waals surface area contributed by atoms with Gasteiger partial charge in [-0.15, -0.1) is 24.8 Å². The summed E-state index contributed by atoms with van der Waals surface area (Å²) in [6.07, 6.45) is -5.36. The third kappa shape index (κ3) is 5.79. The number of rotatable bonds is 3. The molecular formula is C13H18Cl2F4N2O. The minimum Gasteiger partial charge on any atom is -0.505 e. The van der Waals surface area contributed by atoms with Gasteiger partial charge in [-0.2, -0.15) is 13.2 Å². The zero-order chi connectivity index (χ0) is 14.8. The summed E-state index contributed by atoms with van der Waals surface area (Å²) in [5, 5.41) is 12.2. The fraction of sp³-hybridized carbons (Fsp3) is 0.538. The second-order valence-electron chi connectivity index (χ2n) is 4.83. The first-order valence-electron chi connectivity index (χ1n) is 6.37. The van der Waals surface area contributed by atoms with Crippen LogP contribution >= 0.6 is 24.8 Å². The lowest BCUT2D eigenvalue weighted by Crippen LogP contribution is -2.46. The highest BCUT2D eigenvalue weighted by atomic mass is 35.5. The lowest BCUT2D eigenvalue weighted by atomic mass is 10.0. The number of aromatic hydroxyl groups is 1. The summed E-state index contributed by atoms with van der Waals surface area (Å²) in [5.74, 6) is -1.45. The van der Waals surface area contributed by atoms with E-state index in [9.17, 15) is 17.6 Å². The summed E-state index contributed by atoms with van der Waals surface area (Å²) in [7, 11) is 0. The largest absolute Gasteiger partial charge is 0.505 e. The van der Waals surface area contributed by atoms with E-state index in [0.29, 0.717) is 26.2 Å². The fourth-order valence-electron chi connectivity index (χ4n) is 2.40. The van der Waals surface area contributed by atoms with Crippen molar-refractivity contribution >= 4 is 24.8 Å². The van der Waals surface area contributed by atoms with E-state index < -0.39 is 30.2 Å². The minimum atomic E-state index is -4.33. The second-order valence-corrected chi connectivity index (χ2v) is 4.83. The highest BCUT2D eigenvalue weighted by Crippen LogP contribution is 2.35. The van der Waals surface area contributed by atoms with Crippen LogP contribution in [0.25, 0.3) is 0 Å². The topological polar surface area (TPSA) is 35.5 Å². The molecule has 0 bridgehead atoms. The van der Waals surface area contributed by atoms with Crippen LogP contribution in [0, 0.1) is 5.82 Å². The molecule has 1 aromatic rings. The molecule has 0 unspecified atom stereocenters. The maximum absolute atomic E-state index is 13.4. The Kier molecular flexibility index (Phi) is 8.46. The van der Waals surface area contributed by atoms with Gasteiger partial charge in [-0.3, -0.25) is 4.90 Å². The first-order valence-corrected chi connectivity index (χ1v) is 6.37. The van der Waals surface area contributed by atoms with E-state index in [1.807, 2.05) is 0 Å². The van der Waals surface area contributed by atoms with Crippen LogP contribution in [-0.2, 0) is 0 Å². The minimum absolute atomic E-state index is 0. The predicted octanol–water partition coefficient (Wildman–Crippen LogP) is 3.27. The maximum atomic E-state index is 13.4. The monoisotopic (exact) mass is 364 g/mol. The second kappa shape index (κ2) is 8.76. The number of nitrogens with one attached hydrogen (secondary N) is 1. The smallest absolute Gasteiger partial charge is 0.390 e. The predicted molar refractivity (Wildman–Crippen MR) is 80.4 cm³/mol. The summed E-state index contributed by atoms with van der Waals surface area (Å²) in [4.78, 5) is 1.69. The van der Waals surface area contributed by atoms with Crippen LogP contribution in [0.5, 0.6) is 5.75 Å². The Balaban J connectivity index is 0.00000220. The quantitative estimate of drug-likeness (QED) is 0.808. The van der Waals surface area contributed by atoms with Crippen LogP contribution in [0.4, 0.5) is 17.6 Å². The van der Waals surface area contributed by atoms with Crippen molar-refractivity contribution in [2.24, 2.45) is 0 Å². The Morgan fingerprint density at radius 3 is 2.27 bits per heavy atom. The van der Waals surface area contributed by atoms with Crippen LogP contribution in [-0.4, -0.2) is 42.4 Å². The van der Waals surface area contributed by atoms with Gasteiger partial charge in [-0.1, -0.05) is 6.07 Å². The SMILES string of the molecule is Cl.Cl.Oc1ccc([C@H](CC(F)(F)F)N2CCNCC2)cc1F. The summed E-state index contributed by atoms with van der Waals surface area (Å²) in [5.41, 5.74) is 0.236. The lowest BCUT2D eigenvalue weighted by Gasteiger charge is -2.35. The first kappa shape index (κ1) is 21.2. The number of halogens is 6. The van der Waals surface area contributed by atoms with Gasteiger partial charge in [-0.05, 0) is 17.7 Å². The Labute approximate surface area is 138 Å². The van der Waals surface area contributed by atoms with E-state index in [1.165, 1.54) is 6.07 Å². The highest BCUT2D eigenvalue weighted by molar-refractivity contribution is 5.85. The Bertz CT molecular complexity index is 468. The van der Waals surface area contributed by atoms with Crippen molar-refractivity contribution in [2.75, 3.05) is 26.2 Å². The third-order valence-corrected chi connectivity index (χ3v) is 3.37. The molecule has 0 aliphatic carbocycles. The van der Waals surface area contributed by atoms with Crippen molar-refractivity contribution in [3.63, 3.8) is 0 Å². The maximum Gasteiger partial charge on any atom is 0.390 e. The van der Waals surface area contributed by atoms with Crippen LogP contribution in [0.1, 0.15) is 18.0 Å². The molecule has 0 radical (unpaired) electrons. The molecule has 0 saturated carbocycles. The molecule has 1 fully saturated rings. The molecule has 128 valence electrons. The van der Waals surface area contributed by atoms with Gasteiger partial charge >= 0.3 is 6.18 Å². The average molecular weight is 365 g/mol. The number of hydrogen-bond acceptors (Lipinski definition) is 3.